The van der Waals surface area contributed by atoms with Crippen LogP contribution in [-0.4, -0.2) is 180 Å². The average molecular weight is 1640 g/mol. The Morgan fingerprint density at radius 1 is 0.469 bits per heavy atom. The Bertz CT molecular complexity index is 5730. The summed E-state index contributed by atoms with van der Waals surface area (Å²) in [5, 5.41) is 97.0. The summed E-state index contributed by atoms with van der Waals surface area (Å²) in [6.07, 6.45) is 0. The molecule has 11 rings (SSSR count). The van der Waals surface area contributed by atoms with Gasteiger partial charge in [0, 0.05) is 70.5 Å². The van der Waals surface area contributed by atoms with E-state index in [1.54, 1.807) is 41.5 Å². The zero-order chi connectivity index (χ0) is 81.2. The summed E-state index contributed by atoms with van der Waals surface area (Å²) in [5.41, 5.74) is 10.9. The van der Waals surface area contributed by atoms with Gasteiger partial charge in [-0.1, -0.05) is 64.2 Å². The van der Waals surface area contributed by atoms with Gasteiger partial charge in [0.1, 0.15) is 23.0 Å². The number of carbonyl (C=O) groups is 8. The molecular formula is C61H52N28O19S5. The van der Waals surface area contributed by atoms with E-state index in [-0.39, 0.29) is 195 Å². The molecule has 4 aromatic carbocycles. The molecule has 7 aromatic heterocycles. The highest BCUT2D eigenvalue weighted by Crippen LogP contribution is 2.43. The molecule has 0 aliphatic rings. The summed E-state index contributed by atoms with van der Waals surface area (Å²) in [7, 11) is -4.46. The number of hydrogen-bond donors (Lipinski definition) is 12. The van der Waals surface area contributed by atoms with E-state index in [0.29, 0.717) is 0 Å². The van der Waals surface area contributed by atoms with Crippen molar-refractivity contribution in [2.75, 3.05) is 50.3 Å². The monoisotopic (exact) mass is 1640 g/mol. The van der Waals surface area contributed by atoms with E-state index in [1.165, 1.54) is 36.4 Å². The van der Waals surface area contributed by atoms with E-state index in [4.69, 9.17) is 40.6 Å². The molecule has 11 aromatic rings. The predicted molar refractivity (Wildman–Crippen MR) is 395 cm³/mol. The van der Waals surface area contributed by atoms with Crippen LogP contribution in [-0.2, 0) is 40.1 Å². The number of carboxylic acid groups (broad SMARTS) is 4. The van der Waals surface area contributed by atoms with Crippen molar-refractivity contribution >= 4 is 192 Å². The molecular weight excluding hydrogens is 1590 g/mol. The Hall–Kier alpha value is -14.4. The number of azo groups is 2. The maximum atomic E-state index is 12.1. The van der Waals surface area contributed by atoms with Crippen molar-refractivity contribution in [1.82, 2.24) is 84.8 Å². The van der Waals surface area contributed by atoms with E-state index in [9.17, 15) is 71.8 Å². The number of nitrogens with two attached hydrogens (primary N) is 2. The second kappa shape index (κ2) is 33.6. The zero-order valence-corrected chi connectivity index (χ0v) is 62.3. The molecule has 0 saturated carbocycles. The van der Waals surface area contributed by atoms with E-state index in [1.807, 2.05) is 0 Å². The van der Waals surface area contributed by atoms with E-state index >= 15 is 0 Å². The zero-order valence-electron chi connectivity index (χ0n) is 58.2. The number of nitrogens with one attached hydrogen (secondary N) is 5. The van der Waals surface area contributed by atoms with Gasteiger partial charge >= 0.3 is 23.9 Å². The number of benzene rings is 4. The first-order chi connectivity index (χ1) is 53.7. The van der Waals surface area contributed by atoms with E-state index in [0.717, 1.165) is 92.0 Å². The Kier molecular flexibility index (Phi) is 23.7. The van der Waals surface area contributed by atoms with Crippen molar-refractivity contribution in [3.63, 3.8) is 0 Å². The molecule has 0 spiro atoms. The molecule has 47 nitrogen and oxygen atoms in total. The van der Waals surface area contributed by atoms with Crippen molar-refractivity contribution in [2.24, 2.45) is 20.5 Å². The predicted octanol–water partition coefficient (Wildman–Crippen LogP) is 8.42. The third-order valence-electron chi connectivity index (χ3n) is 14.1. The van der Waals surface area contributed by atoms with Gasteiger partial charge in [0.05, 0.1) is 39.4 Å². The summed E-state index contributed by atoms with van der Waals surface area (Å²) >= 11 is 3.54. The van der Waals surface area contributed by atoms with Crippen LogP contribution in [0.4, 0.5) is 85.8 Å². The van der Waals surface area contributed by atoms with Crippen molar-refractivity contribution in [2.45, 2.75) is 71.4 Å². The van der Waals surface area contributed by atoms with Gasteiger partial charge in [0.25, 0.3) is 58.2 Å². The number of hydrogen-bond acceptors (Lipinski definition) is 44. The summed E-state index contributed by atoms with van der Waals surface area (Å²) in [4.78, 5) is 134. The molecule has 113 heavy (non-hydrogen) atoms. The molecule has 0 radical (unpaired) electrons. The molecule has 0 aliphatic heterocycles. The Balaban J connectivity index is 0.873. The highest BCUT2D eigenvalue weighted by atomic mass is 32.2. The number of aromatic nitrogens is 17. The average Bonchev–Trinajstić information content (AvgIpc) is 1.64. The molecule has 7 heterocycles. The number of nitrogen functional groups attached to an aromatic ring is 2. The van der Waals surface area contributed by atoms with Crippen LogP contribution in [0.5, 0.6) is 23.0 Å². The normalized spacial score (nSPS) is 11.6. The highest BCUT2D eigenvalue weighted by Gasteiger charge is 2.31. The molecule has 0 unspecified atom stereocenters. The first kappa shape index (κ1) is 79.7. The van der Waals surface area contributed by atoms with Crippen LogP contribution >= 0.6 is 46.2 Å². The van der Waals surface area contributed by atoms with Gasteiger partial charge in [0.2, 0.25) is 40.1 Å². The summed E-state index contributed by atoms with van der Waals surface area (Å²) < 4.78 is 55.4. The standard InChI is InChI=1S/C61H52N28O19S5/c1-60(2,3)39-37(41(62)88(86-39)52-71-48(65-29-10-25(43(94)95)9-26(11-29)44(96)97)69-49(72-52)66-30-12-27(45(98)99)14-33(16-30)105-21-90)78-80-56-82-84-58(111-56)109-54-75-47(64-7-8-113(102,103)104)76-55(77-54)110-59-85-83-57(112-59)81-79-38-40(61(4,5)6)87-89(42(38)63)53-73-50(67-31-13-28(46(100)101)15-34(17-31)106-22-91)70-51(74-53)68-32-18-35(107-23-92)20-36(19-32)108-24-93/h9-24H,7-8,62-63H2,1-6H3,(H,94,95)(H,96,97)(H,98,99)(H,100,101)(H,102,103,104)(H,64,75,76,77)(H2,65,66,69,71,72)(H2,67,68,70,73,74). The first-order valence-electron chi connectivity index (χ1n) is 31.3. The number of carboxylic acids is 4. The molecule has 0 bridgehead atoms. The minimum atomic E-state index is -4.46. The fourth-order valence-electron chi connectivity index (χ4n) is 9.40. The number of aromatic carboxylic acids is 4. The van der Waals surface area contributed by atoms with Crippen LogP contribution in [0.3, 0.4) is 0 Å². The summed E-state index contributed by atoms with van der Waals surface area (Å²) in [6.45, 7) is 10.8. The van der Waals surface area contributed by atoms with Crippen LogP contribution in [0.15, 0.2) is 112 Å². The van der Waals surface area contributed by atoms with Gasteiger partial charge in [0.15, 0.2) is 31.7 Å². The Morgan fingerprint density at radius 3 is 1.14 bits per heavy atom. The smallest absolute Gasteiger partial charge is 0.335 e. The quantitative estimate of drug-likeness (QED) is 0.0102. The minimum absolute atomic E-state index is 0.00686. The second-order valence-corrected chi connectivity index (χ2v) is 30.3. The number of nitrogens with zero attached hydrogens (tertiary/aromatic N) is 21. The molecule has 0 saturated heterocycles. The van der Waals surface area contributed by atoms with Crippen LogP contribution in [0.1, 0.15) is 94.4 Å². The first-order valence-corrected chi connectivity index (χ1v) is 36.2. The van der Waals surface area contributed by atoms with Gasteiger partial charge in [-0.3, -0.25) is 23.7 Å². The lowest BCUT2D eigenvalue weighted by atomic mass is 9.91. The molecule has 580 valence electrons. The number of carbonyl (C=O) groups excluding carboxylic acids is 4. The van der Waals surface area contributed by atoms with E-state index < -0.39 is 61.7 Å². The molecule has 0 fully saturated rings. The largest absolute Gasteiger partial charge is 0.478 e. The maximum Gasteiger partial charge on any atom is 0.335 e. The van der Waals surface area contributed by atoms with E-state index in [2.05, 4.69) is 112 Å². The van der Waals surface area contributed by atoms with Crippen molar-refractivity contribution in [3.05, 3.63) is 106 Å². The van der Waals surface area contributed by atoms with Crippen molar-refractivity contribution in [3.8, 4) is 34.9 Å². The molecule has 14 N–H and O–H groups in total. The van der Waals surface area contributed by atoms with Gasteiger partial charge in [-0.25, -0.2) is 19.2 Å². The molecule has 52 heteroatoms. The summed E-state index contributed by atoms with van der Waals surface area (Å²) in [5.74, 6) is -9.32. The SMILES string of the molecule is CC(C)(C)c1nn(-c2nc(Nc3cc(OC=O)cc(OC=O)c3)nc(Nc3cc(OC=O)cc(C(=O)O)c3)n2)c(N)c1N=Nc1nnc(Sc2nc(NCCS(=O)(=O)O)nc(Sc3nnc(N=Nc4c(C(C)(C)C)nn(-c5nc(Nc6cc(OC=O)cc(C(=O)O)c6)nc(Nc6cc(C(=O)O)cc(C(=O)O)c6)n5)c4N)s3)n2)s1. The number of rotatable bonds is 34. The Morgan fingerprint density at radius 2 is 0.805 bits per heavy atom. The maximum absolute atomic E-state index is 12.1. The highest BCUT2D eigenvalue weighted by molar-refractivity contribution is 8.01. The van der Waals surface area contributed by atoms with Crippen molar-refractivity contribution in [1.29, 1.82) is 0 Å². The van der Waals surface area contributed by atoms with Gasteiger partial charge in [-0.15, -0.1) is 40.9 Å². The second-order valence-electron chi connectivity index (χ2n) is 24.4. The molecule has 0 aliphatic carbocycles. The van der Waals surface area contributed by atoms with Gasteiger partial charge in [-0.2, -0.15) is 72.8 Å². The van der Waals surface area contributed by atoms with Crippen molar-refractivity contribution < 1.29 is 90.7 Å². The summed E-state index contributed by atoms with van der Waals surface area (Å²) in [6, 6.07) is 14.1. The lowest BCUT2D eigenvalue weighted by molar-refractivity contribution is -0.121. The fraction of sp³-hybridized carbons (Fsp3) is 0.164. The van der Waals surface area contributed by atoms with Gasteiger partial charge < -0.3 is 77.4 Å². The Labute approximate surface area is 647 Å². The molecule has 0 amide bonds. The topological polar surface area (TPSA) is 674 Å². The lowest BCUT2D eigenvalue weighted by Crippen LogP contribution is -2.16. The third kappa shape index (κ3) is 20.5. The number of anilines is 11. The van der Waals surface area contributed by atoms with Crippen LogP contribution in [0, 0.1) is 0 Å². The number of ether oxygens (including phenoxy) is 4. The van der Waals surface area contributed by atoms with Gasteiger partial charge in [-0.05, 0) is 66.0 Å². The van der Waals surface area contributed by atoms with Crippen LogP contribution in [0.25, 0.3) is 11.9 Å². The third-order valence-corrected chi connectivity index (χ3v) is 18.2. The van der Waals surface area contributed by atoms with Crippen LogP contribution < -0.4 is 57.0 Å². The van der Waals surface area contributed by atoms with Crippen LogP contribution in [0.2, 0.25) is 0 Å². The lowest BCUT2D eigenvalue weighted by Gasteiger charge is -2.15. The fourth-order valence-corrected chi connectivity index (χ4v) is 12.9. The minimum Gasteiger partial charge on any atom is -0.478 e. The molecule has 0 atom stereocenters.